The number of rotatable bonds is 10. The Hall–Kier alpha value is -3.38. The second kappa shape index (κ2) is 11.5. The third-order valence-electron chi connectivity index (χ3n) is 4.01. The zero-order valence-electron chi connectivity index (χ0n) is 16.3. The van der Waals surface area contributed by atoms with E-state index in [9.17, 15) is 4.79 Å². The number of nitrogens with zero attached hydrogens (tertiary/aromatic N) is 3. The number of anilines is 1. The number of hydrogen-bond donors (Lipinski definition) is 4. The topological polar surface area (TPSA) is 143 Å². The summed E-state index contributed by atoms with van der Waals surface area (Å²) in [5.74, 6) is 0.378. The number of nitriles is 1. The molecule has 29 heavy (non-hydrogen) atoms. The van der Waals surface area contributed by atoms with Crippen molar-refractivity contribution < 1.29 is 4.79 Å². The van der Waals surface area contributed by atoms with Gasteiger partial charge in [-0.25, -0.2) is 0 Å². The van der Waals surface area contributed by atoms with Crippen LogP contribution in [0.15, 0.2) is 47.9 Å². The Bertz CT molecular complexity index is 927. The lowest BCUT2D eigenvalue weighted by molar-refractivity contribution is -0.115. The van der Waals surface area contributed by atoms with Gasteiger partial charge >= 0.3 is 0 Å². The summed E-state index contributed by atoms with van der Waals surface area (Å²) in [6.07, 6.45) is 7.12. The second-order valence-electron chi connectivity index (χ2n) is 6.36. The number of nitrogens with two attached hydrogens (primary N) is 2. The van der Waals surface area contributed by atoms with E-state index in [4.69, 9.17) is 16.7 Å². The third kappa shape index (κ3) is 8.02. The summed E-state index contributed by atoms with van der Waals surface area (Å²) in [6, 6.07) is 9.05. The molecule has 0 fully saturated rings. The molecule has 0 aliphatic carbocycles. The molecule has 0 saturated carbocycles. The molecule has 2 rings (SSSR count). The van der Waals surface area contributed by atoms with Gasteiger partial charge in [0.1, 0.15) is 5.01 Å². The Morgan fingerprint density at radius 3 is 2.86 bits per heavy atom. The SMILES string of the molecule is CN/C(N)=C/C=C(\N)CCCCc1nnc(NC(=O)Cc2cccc(C#N)c2)s1. The number of aromatic nitrogens is 2. The highest BCUT2D eigenvalue weighted by Crippen LogP contribution is 2.18. The largest absolute Gasteiger partial charge is 0.402 e. The molecule has 152 valence electrons. The first-order valence-electron chi connectivity index (χ1n) is 9.21. The maximum Gasteiger partial charge on any atom is 0.230 e. The molecule has 0 aliphatic rings. The van der Waals surface area contributed by atoms with Gasteiger partial charge in [-0.2, -0.15) is 5.26 Å². The van der Waals surface area contributed by atoms with E-state index in [2.05, 4.69) is 26.9 Å². The normalized spacial score (nSPS) is 11.7. The van der Waals surface area contributed by atoms with Crippen LogP contribution in [0.25, 0.3) is 0 Å². The van der Waals surface area contributed by atoms with Crippen LogP contribution in [0.3, 0.4) is 0 Å². The molecule has 0 unspecified atom stereocenters. The van der Waals surface area contributed by atoms with Crippen molar-refractivity contribution >= 4 is 22.4 Å². The van der Waals surface area contributed by atoms with Gasteiger partial charge in [-0.1, -0.05) is 23.5 Å². The summed E-state index contributed by atoms with van der Waals surface area (Å²) in [6.45, 7) is 0. The van der Waals surface area contributed by atoms with Crippen molar-refractivity contribution in [3.63, 3.8) is 0 Å². The Balaban J connectivity index is 1.74. The Morgan fingerprint density at radius 2 is 2.10 bits per heavy atom. The molecular weight excluding hydrogens is 386 g/mol. The molecule has 0 bridgehead atoms. The van der Waals surface area contributed by atoms with Crippen LogP contribution >= 0.6 is 11.3 Å². The fourth-order valence-electron chi connectivity index (χ4n) is 2.47. The Kier molecular flexibility index (Phi) is 8.66. The van der Waals surface area contributed by atoms with E-state index in [0.717, 1.165) is 42.0 Å². The molecule has 1 amide bonds. The number of carbonyl (C=O) groups excluding carboxylic acids is 1. The summed E-state index contributed by atoms with van der Waals surface area (Å²) in [5, 5.41) is 24.0. The first-order chi connectivity index (χ1) is 14.0. The van der Waals surface area contributed by atoms with Crippen molar-refractivity contribution in [2.45, 2.75) is 32.1 Å². The highest BCUT2D eigenvalue weighted by atomic mass is 32.1. The van der Waals surface area contributed by atoms with E-state index in [1.807, 2.05) is 6.07 Å². The average Bonchev–Trinajstić information content (AvgIpc) is 3.16. The lowest BCUT2D eigenvalue weighted by Gasteiger charge is -2.02. The number of unbranched alkanes of at least 4 members (excludes halogenated alkanes) is 1. The van der Waals surface area contributed by atoms with Gasteiger partial charge in [-0.05, 0) is 49.1 Å². The van der Waals surface area contributed by atoms with Crippen LogP contribution < -0.4 is 22.1 Å². The molecule has 1 aromatic heterocycles. The zero-order chi connectivity index (χ0) is 21.1. The Morgan fingerprint density at radius 1 is 1.28 bits per heavy atom. The molecule has 2 aromatic rings. The van der Waals surface area contributed by atoms with Gasteiger partial charge in [0.05, 0.1) is 23.9 Å². The molecule has 9 heteroatoms. The monoisotopic (exact) mass is 411 g/mol. The standard InChI is InChI=1S/C20H25N7OS/c1-24-17(23)10-9-16(22)7-2-3-8-19-26-27-20(29-19)25-18(28)12-14-5-4-6-15(11-14)13-21/h4-6,9-11,24H,2-3,7-8,12,22-23H2,1H3,(H,25,27,28)/b16-9-,17-10+. The van der Waals surface area contributed by atoms with Gasteiger partial charge < -0.3 is 22.1 Å². The smallest absolute Gasteiger partial charge is 0.230 e. The van der Waals surface area contributed by atoms with Crippen LogP contribution in [0.4, 0.5) is 5.13 Å². The minimum atomic E-state index is -0.186. The maximum absolute atomic E-state index is 12.2. The molecule has 8 nitrogen and oxygen atoms in total. The van der Waals surface area contributed by atoms with Crippen LogP contribution in [0, 0.1) is 11.3 Å². The lowest BCUT2D eigenvalue weighted by Crippen LogP contribution is -2.14. The predicted octanol–water partition coefficient (Wildman–Crippen LogP) is 2.17. The molecule has 0 radical (unpaired) electrons. The fraction of sp³-hybridized carbons (Fsp3) is 0.300. The van der Waals surface area contributed by atoms with Crippen molar-refractivity contribution in [3.8, 4) is 6.07 Å². The summed E-state index contributed by atoms with van der Waals surface area (Å²) in [4.78, 5) is 12.2. The van der Waals surface area contributed by atoms with Crippen molar-refractivity contribution in [1.29, 1.82) is 5.26 Å². The van der Waals surface area contributed by atoms with E-state index in [0.29, 0.717) is 16.5 Å². The van der Waals surface area contributed by atoms with Gasteiger partial charge in [-0.3, -0.25) is 4.79 Å². The van der Waals surface area contributed by atoms with Crippen LogP contribution in [-0.4, -0.2) is 23.2 Å². The highest BCUT2D eigenvalue weighted by molar-refractivity contribution is 7.15. The van der Waals surface area contributed by atoms with Gasteiger partial charge in [0.2, 0.25) is 11.0 Å². The average molecular weight is 412 g/mol. The quantitative estimate of drug-likeness (QED) is 0.346. The van der Waals surface area contributed by atoms with Crippen molar-refractivity contribution in [1.82, 2.24) is 15.5 Å². The first-order valence-corrected chi connectivity index (χ1v) is 10.0. The molecule has 1 heterocycles. The van der Waals surface area contributed by atoms with Crippen molar-refractivity contribution in [3.05, 3.63) is 64.1 Å². The summed E-state index contributed by atoms with van der Waals surface area (Å²) in [5.41, 5.74) is 13.7. The van der Waals surface area contributed by atoms with Gasteiger partial charge in [0, 0.05) is 19.2 Å². The minimum Gasteiger partial charge on any atom is -0.402 e. The predicted molar refractivity (Wildman–Crippen MR) is 115 cm³/mol. The molecule has 6 N–H and O–H groups in total. The highest BCUT2D eigenvalue weighted by Gasteiger charge is 2.09. The van der Waals surface area contributed by atoms with Gasteiger partial charge in [-0.15, -0.1) is 10.2 Å². The summed E-state index contributed by atoms with van der Waals surface area (Å²) >= 11 is 1.37. The van der Waals surface area contributed by atoms with Gasteiger partial charge in [0.25, 0.3) is 0 Å². The van der Waals surface area contributed by atoms with Crippen LogP contribution in [0.5, 0.6) is 0 Å². The number of hydrogen-bond acceptors (Lipinski definition) is 8. The van der Waals surface area contributed by atoms with Crippen LogP contribution in [0.2, 0.25) is 0 Å². The molecule has 1 aromatic carbocycles. The number of aryl methyl sites for hydroxylation is 1. The molecule has 0 aliphatic heterocycles. The number of benzene rings is 1. The first kappa shape index (κ1) is 21.9. The molecule has 0 atom stereocenters. The summed E-state index contributed by atoms with van der Waals surface area (Å²) in [7, 11) is 1.75. The number of allylic oxidation sites excluding steroid dienone is 3. The Labute approximate surface area is 174 Å². The van der Waals surface area contributed by atoms with Crippen LogP contribution in [-0.2, 0) is 17.6 Å². The minimum absolute atomic E-state index is 0.183. The van der Waals surface area contributed by atoms with E-state index in [-0.39, 0.29) is 12.3 Å². The van der Waals surface area contributed by atoms with E-state index < -0.39 is 0 Å². The molecular formula is C20H25N7OS. The zero-order valence-corrected chi connectivity index (χ0v) is 17.1. The van der Waals surface area contributed by atoms with Crippen molar-refractivity contribution in [2.24, 2.45) is 11.5 Å². The molecule has 0 spiro atoms. The van der Waals surface area contributed by atoms with E-state index in [1.165, 1.54) is 11.3 Å². The number of nitrogens with one attached hydrogen (secondary N) is 2. The van der Waals surface area contributed by atoms with Crippen molar-refractivity contribution in [2.75, 3.05) is 12.4 Å². The molecule has 0 saturated heterocycles. The fourth-order valence-corrected chi connectivity index (χ4v) is 3.27. The van der Waals surface area contributed by atoms with E-state index in [1.54, 1.807) is 37.4 Å². The number of carbonyl (C=O) groups is 1. The lowest BCUT2D eigenvalue weighted by atomic mass is 10.1. The maximum atomic E-state index is 12.2. The van der Waals surface area contributed by atoms with Gasteiger partial charge in [0.15, 0.2) is 0 Å². The second-order valence-corrected chi connectivity index (χ2v) is 7.42. The number of amides is 1. The summed E-state index contributed by atoms with van der Waals surface area (Å²) < 4.78 is 0. The van der Waals surface area contributed by atoms with E-state index >= 15 is 0 Å². The van der Waals surface area contributed by atoms with Crippen LogP contribution in [0.1, 0.15) is 35.4 Å². The third-order valence-corrected chi connectivity index (χ3v) is 4.90.